The molecule has 1 aliphatic heterocycles. The lowest BCUT2D eigenvalue weighted by atomic mass is 9.80. The number of esters is 2. The Bertz CT molecular complexity index is 767. The van der Waals surface area contributed by atoms with Gasteiger partial charge in [-0.05, 0) is 37.0 Å². The summed E-state index contributed by atoms with van der Waals surface area (Å²) in [6.07, 6.45) is 1.50. The molecule has 5 atom stereocenters. The van der Waals surface area contributed by atoms with Crippen LogP contribution in [-0.4, -0.2) is 30.6 Å². The maximum absolute atomic E-state index is 12.4. The summed E-state index contributed by atoms with van der Waals surface area (Å²) in [6.45, 7) is -0.412. The first-order valence-corrected chi connectivity index (χ1v) is 9.23. The zero-order chi connectivity index (χ0) is 17.7. The van der Waals surface area contributed by atoms with Crippen LogP contribution in [0.1, 0.15) is 12.8 Å². The van der Waals surface area contributed by atoms with Gasteiger partial charge in [0.25, 0.3) is 5.91 Å². The third-order valence-electron chi connectivity index (χ3n) is 5.31. The van der Waals surface area contributed by atoms with Crippen LogP contribution in [-0.2, 0) is 23.9 Å². The van der Waals surface area contributed by atoms with E-state index in [4.69, 9.17) is 21.1 Å². The van der Waals surface area contributed by atoms with Gasteiger partial charge >= 0.3 is 11.9 Å². The Morgan fingerprint density at radius 2 is 2.16 bits per heavy atom. The van der Waals surface area contributed by atoms with E-state index in [0.717, 1.165) is 10.9 Å². The van der Waals surface area contributed by atoms with Gasteiger partial charge in [-0.3, -0.25) is 14.4 Å². The minimum Gasteiger partial charge on any atom is -0.462 e. The van der Waals surface area contributed by atoms with Crippen LogP contribution in [0, 0.1) is 23.7 Å². The fourth-order valence-electron chi connectivity index (χ4n) is 4.34. The standard InChI is InChI=1S/C17H15BrClNO5/c18-8-1-2-11(10(19)5-8)20-13(21)6-24-16(22)14-7-3-9-12(4-7)25-17(23)15(9)14/h1-2,5,7,9,12,14-15H,3-4,6H2,(H,20,21)/t7-,9+,12-,14-,15+/m1/s1. The predicted molar refractivity (Wildman–Crippen MR) is 91.8 cm³/mol. The van der Waals surface area contributed by atoms with Crippen molar-refractivity contribution >= 4 is 51.1 Å². The maximum atomic E-state index is 12.4. The molecule has 1 saturated heterocycles. The Morgan fingerprint density at radius 1 is 1.36 bits per heavy atom. The fourth-order valence-corrected chi connectivity index (χ4v) is 5.06. The van der Waals surface area contributed by atoms with E-state index in [-0.39, 0.29) is 23.9 Å². The van der Waals surface area contributed by atoms with Crippen molar-refractivity contribution in [1.82, 2.24) is 0 Å². The van der Waals surface area contributed by atoms with E-state index < -0.39 is 30.3 Å². The molecule has 4 rings (SSSR count). The van der Waals surface area contributed by atoms with Crippen molar-refractivity contribution < 1.29 is 23.9 Å². The third-order valence-corrected chi connectivity index (χ3v) is 6.11. The quantitative estimate of drug-likeness (QED) is 0.746. The SMILES string of the molecule is O=C(COC(=O)[C@@H]1[C@@H]2C[C@@H]3[C@@H]1C(=O)O[C@@H]3C2)Nc1ccc(Br)cc1Cl. The van der Waals surface area contributed by atoms with E-state index in [1.165, 1.54) is 0 Å². The summed E-state index contributed by atoms with van der Waals surface area (Å²) >= 11 is 9.32. The molecule has 1 aromatic carbocycles. The number of hydrogen-bond acceptors (Lipinski definition) is 5. The molecule has 3 aliphatic rings. The lowest BCUT2D eigenvalue weighted by molar-refractivity contribution is -0.157. The topological polar surface area (TPSA) is 81.7 Å². The molecule has 1 aromatic rings. The van der Waals surface area contributed by atoms with Gasteiger partial charge in [-0.1, -0.05) is 27.5 Å². The van der Waals surface area contributed by atoms with Crippen molar-refractivity contribution in [3.63, 3.8) is 0 Å². The molecule has 8 heteroatoms. The Kier molecular flexibility index (Phi) is 4.24. The van der Waals surface area contributed by atoms with Gasteiger partial charge in [-0.15, -0.1) is 0 Å². The van der Waals surface area contributed by atoms with E-state index in [9.17, 15) is 14.4 Å². The third kappa shape index (κ3) is 2.93. The van der Waals surface area contributed by atoms with Crippen LogP contribution in [0.25, 0.3) is 0 Å². The van der Waals surface area contributed by atoms with E-state index >= 15 is 0 Å². The first-order valence-electron chi connectivity index (χ1n) is 8.06. The van der Waals surface area contributed by atoms with Crippen molar-refractivity contribution in [3.05, 3.63) is 27.7 Å². The number of carbonyl (C=O) groups excluding carboxylic acids is 3. The maximum Gasteiger partial charge on any atom is 0.310 e. The first kappa shape index (κ1) is 16.8. The van der Waals surface area contributed by atoms with Crippen LogP contribution >= 0.6 is 27.5 Å². The molecule has 132 valence electrons. The number of nitrogens with one attached hydrogen (secondary N) is 1. The monoisotopic (exact) mass is 427 g/mol. The van der Waals surface area contributed by atoms with Gasteiger partial charge in [0.1, 0.15) is 6.10 Å². The summed E-state index contributed by atoms with van der Waals surface area (Å²) in [5, 5.41) is 2.98. The van der Waals surface area contributed by atoms with Crippen molar-refractivity contribution in [3.8, 4) is 0 Å². The molecule has 3 fully saturated rings. The second-order valence-electron chi connectivity index (χ2n) is 6.70. The van der Waals surface area contributed by atoms with Crippen LogP contribution in [0.3, 0.4) is 0 Å². The van der Waals surface area contributed by atoms with Crippen LogP contribution < -0.4 is 5.32 Å². The number of fused-ring (bicyclic) bond motifs is 1. The van der Waals surface area contributed by atoms with Gasteiger partial charge in [0.05, 0.1) is 22.5 Å². The number of rotatable bonds is 4. The molecule has 1 N–H and O–H groups in total. The summed E-state index contributed by atoms with van der Waals surface area (Å²) in [5.41, 5.74) is 0.438. The fraction of sp³-hybridized carbons (Fsp3) is 0.471. The van der Waals surface area contributed by atoms with Crippen molar-refractivity contribution in [2.24, 2.45) is 23.7 Å². The van der Waals surface area contributed by atoms with E-state index in [1.807, 2.05) is 0 Å². The van der Waals surface area contributed by atoms with Gasteiger partial charge in [-0.2, -0.15) is 0 Å². The van der Waals surface area contributed by atoms with E-state index in [0.29, 0.717) is 17.1 Å². The molecule has 2 bridgehead atoms. The summed E-state index contributed by atoms with van der Waals surface area (Å²) in [6, 6.07) is 5.04. The smallest absolute Gasteiger partial charge is 0.310 e. The number of halogens is 2. The summed E-state index contributed by atoms with van der Waals surface area (Å²) < 4.78 is 11.3. The van der Waals surface area contributed by atoms with Crippen LogP contribution in [0.2, 0.25) is 5.02 Å². The molecular weight excluding hydrogens is 414 g/mol. The predicted octanol–water partition coefficient (Wildman–Crippen LogP) is 2.78. The highest BCUT2D eigenvalue weighted by Gasteiger charge is 2.64. The molecule has 1 amide bonds. The molecular formula is C17H15BrClNO5. The number of ether oxygens (including phenoxy) is 2. The first-order chi connectivity index (χ1) is 11.9. The zero-order valence-electron chi connectivity index (χ0n) is 13.0. The Balaban J connectivity index is 1.34. The highest BCUT2D eigenvalue weighted by molar-refractivity contribution is 9.10. The average molecular weight is 429 g/mol. The van der Waals surface area contributed by atoms with Crippen molar-refractivity contribution in [2.45, 2.75) is 18.9 Å². The normalized spacial score (nSPS) is 31.8. The highest BCUT2D eigenvalue weighted by Crippen LogP contribution is 2.57. The van der Waals surface area contributed by atoms with Gasteiger partial charge in [-0.25, -0.2) is 0 Å². The molecule has 0 spiro atoms. The molecule has 6 nitrogen and oxygen atoms in total. The van der Waals surface area contributed by atoms with Gasteiger partial charge < -0.3 is 14.8 Å². The molecule has 0 aromatic heterocycles. The Morgan fingerprint density at radius 3 is 2.92 bits per heavy atom. The molecule has 0 unspecified atom stereocenters. The number of carbonyl (C=O) groups is 3. The lowest BCUT2D eigenvalue weighted by Gasteiger charge is -2.22. The van der Waals surface area contributed by atoms with Gasteiger partial charge in [0, 0.05) is 10.4 Å². The van der Waals surface area contributed by atoms with Crippen LogP contribution in [0.15, 0.2) is 22.7 Å². The summed E-state index contributed by atoms with van der Waals surface area (Å²) in [4.78, 5) is 36.3. The van der Waals surface area contributed by atoms with Crippen molar-refractivity contribution in [2.75, 3.05) is 11.9 Å². The zero-order valence-corrected chi connectivity index (χ0v) is 15.4. The molecule has 0 radical (unpaired) electrons. The molecule has 25 heavy (non-hydrogen) atoms. The molecule has 1 heterocycles. The minimum absolute atomic E-state index is 0.0330. The number of benzene rings is 1. The second kappa shape index (κ2) is 6.29. The minimum atomic E-state index is -0.494. The molecule has 2 aliphatic carbocycles. The van der Waals surface area contributed by atoms with E-state index in [1.54, 1.807) is 18.2 Å². The Labute approximate surface area is 157 Å². The summed E-state index contributed by atoms with van der Waals surface area (Å²) in [7, 11) is 0. The number of amides is 1. The largest absolute Gasteiger partial charge is 0.462 e. The summed E-state index contributed by atoms with van der Waals surface area (Å²) in [5.74, 6) is -1.92. The van der Waals surface area contributed by atoms with Gasteiger partial charge in [0.2, 0.25) is 0 Å². The van der Waals surface area contributed by atoms with Crippen LogP contribution in [0.5, 0.6) is 0 Å². The second-order valence-corrected chi connectivity index (χ2v) is 8.03. The van der Waals surface area contributed by atoms with E-state index in [2.05, 4.69) is 21.2 Å². The highest BCUT2D eigenvalue weighted by atomic mass is 79.9. The van der Waals surface area contributed by atoms with Crippen LogP contribution in [0.4, 0.5) is 5.69 Å². The number of anilines is 1. The molecule has 2 saturated carbocycles. The Hall–Kier alpha value is -1.60. The lowest BCUT2D eigenvalue weighted by Crippen LogP contribution is -2.34. The number of hydrogen-bond donors (Lipinski definition) is 1. The van der Waals surface area contributed by atoms with Crippen molar-refractivity contribution in [1.29, 1.82) is 0 Å². The van der Waals surface area contributed by atoms with Gasteiger partial charge in [0.15, 0.2) is 6.61 Å². The average Bonchev–Trinajstić information content (AvgIpc) is 3.17.